The van der Waals surface area contributed by atoms with E-state index in [4.69, 9.17) is 17.4 Å². The lowest BCUT2D eigenvalue weighted by Gasteiger charge is -2.22. The van der Waals surface area contributed by atoms with Crippen LogP contribution >= 0.6 is 11.6 Å². The van der Waals surface area contributed by atoms with E-state index in [-0.39, 0.29) is 5.82 Å². The molecule has 0 aliphatic heterocycles. The van der Waals surface area contributed by atoms with Gasteiger partial charge in [-0.25, -0.2) is 9.82 Å². The van der Waals surface area contributed by atoms with Crippen molar-refractivity contribution in [2.75, 3.05) is 0 Å². The summed E-state index contributed by atoms with van der Waals surface area (Å²) in [6.45, 7) is 6.06. The van der Waals surface area contributed by atoms with Crippen LogP contribution in [0.4, 0.5) is 4.39 Å². The van der Waals surface area contributed by atoms with E-state index in [9.17, 15) is 4.39 Å². The van der Waals surface area contributed by atoms with Crippen LogP contribution in [-0.4, -0.2) is 0 Å². The van der Waals surface area contributed by atoms with Crippen LogP contribution in [0.25, 0.3) is 0 Å². The highest BCUT2D eigenvalue weighted by molar-refractivity contribution is 6.31. The molecule has 0 heterocycles. The maximum Gasteiger partial charge on any atom is 0.129 e. The van der Waals surface area contributed by atoms with E-state index in [0.717, 1.165) is 16.7 Å². The lowest BCUT2D eigenvalue weighted by molar-refractivity contribution is 0.559. The van der Waals surface area contributed by atoms with Crippen LogP contribution in [0, 0.1) is 26.6 Å². The van der Waals surface area contributed by atoms with Crippen molar-refractivity contribution in [3.8, 4) is 0 Å². The molecule has 0 fully saturated rings. The first-order chi connectivity index (χ1) is 9.45. The Morgan fingerprint density at radius 1 is 1.10 bits per heavy atom. The zero-order chi connectivity index (χ0) is 14.9. The zero-order valence-corrected chi connectivity index (χ0v) is 12.6. The molecule has 106 valence electrons. The molecular formula is C16H18ClFN2. The molecular weight excluding hydrogens is 275 g/mol. The molecule has 0 spiro atoms. The molecule has 0 amide bonds. The van der Waals surface area contributed by atoms with Gasteiger partial charge in [-0.15, -0.1) is 0 Å². The van der Waals surface area contributed by atoms with Gasteiger partial charge in [0.1, 0.15) is 5.82 Å². The molecule has 0 saturated carbocycles. The third kappa shape index (κ3) is 2.70. The van der Waals surface area contributed by atoms with Crippen LogP contribution in [0.3, 0.4) is 0 Å². The Balaban J connectivity index is 2.62. The fraction of sp³-hybridized carbons (Fsp3) is 0.250. The van der Waals surface area contributed by atoms with E-state index in [0.29, 0.717) is 10.6 Å². The van der Waals surface area contributed by atoms with E-state index in [1.807, 2.05) is 26.8 Å². The number of hydrogen-bond acceptors (Lipinski definition) is 2. The van der Waals surface area contributed by atoms with Crippen molar-refractivity contribution in [2.45, 2.75) is 26.8 Å². The minimum absolute atomic E-state index is 0.363. The summed E-state index contributed by atoms with van der Waals surface area (Å²) in [7, 11) is 0. The number of aryl methyl sites for hydroxylation is 3. The number of nitrogens with two attached hydrogens (primary N) is 1. The second kappa shape index (κ2) is 5.92. The molecule has 2 aromatic carbocycles. The van der Waals surface area contributed by atoms with Crippen LogP contribution in [0.2, 0.25) is 5.02 Å². The van der Waals surface area contributed by atoms with Crippen molar-refractivity contribution in [1.82, 2.24) is 5.43 Å². The molecule has 0 radical (unpaired) electrons. The molecule has 0 saturated heterocycles. The van der Waals surface area contributed by atoms with Crippen molar-refractivity contribution in [2.24, 2.45) is 5.84 Å². The van der Waals surface area contributed by atoms with Gasteiger partial charge in [0.15, 0.2) is 0 Å². The minimum Gasteiger partial charge on any atom is -0.271 e. The highest BCUT2D eigenvalue weighted by Crippen LogP contribution is 2.32. The summed E-state index contributed by atoms with van der Waals surface area (Å²) in [5.41, 5.74) is 7.37. The van der Waals surface area contributed by atoms with Gasteiger partial charge < -0.3 is 0 Å². The molecule has 20 heavy (non-hydrogen) atoms. The van der Waals surface area contributed by atoms with Gasteiger partial charge in [0.25, 0.3) is 0 Å². The standard InChI is InChI=1S/C16H18ClFN2/c1-9-7-11(3)12(8-10(9)2)16(20-19)15-13(17)5-4-6-14(15)18/h4-8,16,20H,19H2,1-3H3. The van der Waals surface area contributed by atoms with Gasteiger partial charge in [-0.2, -0.15) is 0 Å². The fourth-order valence-electron chi connectivity index (χ4n) is 2.41. The summed E-state index contributed by atoms with van der Waals surface area (Å²) < 4.78 is 14.1. The average molecular weight is 293 g/mol. The maximum absolute atomic E-state index is 14.1. The van der Waals surface area contributed by atoms with Gasteiger partial charge in [0.2, 0.25) is 0 Å². The SMILES string of the molecule is Cc1cc(C)c(C(NN)c2c(F)cccc2Cl)cc1C. The maximum atomic E-state index is 14.1. The van der Waals surface area contributed by atoms with Gasteiger partial charge in [0.05, 0.1) is 6.04 Å². The summed E-state index contributed by atoms with van der Waals surface area (Å²) in [6, 6.07) is 8.27. The first-order valence-corrected chi connectivity index (χ1v) is 6.81. The smallest absolute Gasteiger partial charge is 0.129 e. The molecule has 1 unspecified atom stereocenters. The molecule has 4 heteroatoms. The van der Waals surface area contributed by atoms with Crippen LogP contribution in [-0.2, 0) is 0 Å². The molecule has 3 N–H and O–H groups in total. The van der Waals surface area contributed by atoms with Gasteiger partial charge in [-0.3, -0.25) is 5.84 Å². The van der Waals surface area contributed by atoms with Crippen LogP contribution in [0.5, 0.6) is 0 Å². The highest BCUT2D eigenvalue weighted by Gasteiger charge is 2.21. The monoisotopic (exact) mass is 292 g/mol. The van der Waals surface area contributed by atoms with E-state index >= 15 is 0 Å². The Hall–Kier alpha value is -1.42. The van der Waals surface area contributed by atoms with Crippen LogP contribution in [0.15, 0.2) is 30.3 Å². The predicted octanol–water partition coefficient (Wildman–Crippen LogP) is 3.96. The molecule has 0 bridgehead atoms. The summed E-state index contributed by atoms with van der Waals surface area (Å²) in [6.07, 6.45) is 0. The second-order valence-electron chi connectivity index (χ2n) is 5.03. The lowest BCUT2D eigenvalue weighted by Crippen LogP contribution is -2.30. The summed E-state index contributed by atoms with van der Waals surface area (Å²) >= 11 is 6.14. The van der Waals surface area contributed by atoms with Crippen LogP contribution < -0.4 is 11.3 Å². The van der Waals surface area contributed by atoms with Crippen molar-refractivity contribution in [3.05, 3.63) is 69.0 Å². The topological polar surface area (TPSA) is 38.0 Å². The van der Waals surface area contributed by atoms with E-state index in [2.05, 4.69) is 11.5 Å². The largest absolute Gasteiger partial charge is 0.271 e. The number of halogens is 2. The molecule has 0 aliphatic carbocycles. The molecule has 2 rings (SSSR count). The highest BCUT2D eigenvalue weighted by atomic mass is 35.5. The second-order valence-corrected chi connectivity index (χ2v) is 5.44. The Morgan fingerprint density at radius 3 is 2.35 bits per heavy atom. The number of hydrazine groups is 1. The Morgan fingerprint density at radius 2 is 1.75 bits per heavy atom. The number of hydrogen-bond donors (Lipinski definition) is 2. The normalized spacial score (nSPS) is 12.5. The third-order valence-electron chi connectivity index (χ3n) is 3.65. The van der Waals surface area contributed by atoms with Crippen molar-refractivity contribution < 1.29 is 4.39 Å². The van der Waals surface area contributed by atoms with Gasteiger partial charge in [-0.05, 0) is 55.2 Å². The first kappa shape index (κ1) is 15.0. The first-order valence-electron chi connectivity index (χ1n) is 6.43. The number of rotatable bonds is 3. The molecule has 2 nitrogen and oxygen atoms in total. The van der Waals surface area contributed by atoms with Crippen molar-refractivity contribution in [3.63, 3.8) is 0 Å². The van der Waals surface area contributed by atoms with Gasteiger partial charge in [0, 0.05) is 10.6 Å². The predicted molar refractivity (Wildman–Crippen MR) is 81.2 cm³/mol. The zero-order valence-electron chi connectivity index (χ0n) is 11.8. The fourth-order valence-corrected chi connectivity index (χ4v) is 2.68. The Bertz CT molecular complexity index is 620. The quantitative estimate of drug-likeness (QED) is 0.664. The van der Waals surface area contributed by atoms with Gasteiger partial charge in [-0.1, -0.05) is 29.8 Å². The Kier molecular flexibility index (Phi) is 4.43. The van der Waals surface area contributed by atoms with Crippen LogP contribution in [0.1, 0.15) is 33.9 Å². The molecule has 2 aromatic rings. The van der Waals surface area contributed by atoms with Crippen molar-refractivity contribution in [1.29, 1.82) is 0 Å². The molecule has 0 aliphatic rings. The average Bonchev–Trinajstić information content (AvgIpc) is 2.39. The van der Waals surface area contributed by atoms with Gasteiger partial charge >= 0.3 is 0 Å². The molecule has 1 atom stereocenters. The molecule has 0 aromatic heterocycles. The third-order valence-corrected chi connectivity index (χ3v) is 3.98. The Labute approximate surface area is 123 Å². The van der Waals surface area contributed by atoms with E-state index in [1.54, 1.807) is 12.1 Å². The lowest BCUT2D eigenvalue weighted by atomic mass is 9.92. The number of benzene rings is 2. The summed E-state index contributed by atoms with van der Waals surface area (Å²) in [5.74, 6) is 5.29. The summed E-state index contributed by atoms with van der Waals surface area (Å²) in [4.78, 5) is 0. The number of nitrogens with one attached hydrogen (secondary N) is 1. The van der Waals surface area contributed by atoms with E-state index in [1.165, 1.54) is 11.6 Å². The van der Waals surface area contributed by atoms with E-state index < -0.39 is 6.04 Å². The summed E-state index contributed by atoms with van der Waals surface area (Å²) in [5, 5.41) is 0.366. The minimum atomic E-state index is -0.469. The van der Waals surface area contributed by atoms with Crippen molar-refractivity contribution >= 4 is 11.6 Å².